The summed E-state index contributed by atoms with van der Waals surface area (Å²) < 4.78 is 1.08. The van der Waals surface area contributed by atoms with Crippen molar-refractivity contribution in [1.82, 2.24) is 9.97 Å². The summed E-state index contributed by atoms with van der Waals surface area (Å²) in [6.45, 7) is 0. The number of anilines is 1. The number of rotatable bonds is 3. The molecular weight excluding hydrogens is 274 g/mol. The second-order valence-electron chi connectivity index (χ2n) is 3.03. The van der Waals surface area contributed by atoms with Crippen molar-refractivity contribution < 1.29 is 0 Å². The zero-order chi connectivity index (χ0) is 10.7. The minimum atomic E-state index is 0.812. The first kappa shape index (κ1) is 10.6. The molecule has 0 saturated heterocycles. The van der Waals surface area contributed by atoms with Gasteiger partial charge in [0.2, 0.25) is 0 Å². The van der Waals surface area contributed by atoms with Gasteiger partial charge in [0.05, 0.1) is 9.48 Å². The Balaban J connectivity index is 2.21. The lowest BCUT2D eigenvalue weighted by molar-refractivity contribution is 1.08. The molecule has 5 heteroatoms. The summed E-state index contributed by atoms with van der Waals surface area (Å²) in [5.74, 6) is 0. The van der Waals surface area contributed by atoms with Gasteiger partial charge in [-0.05, 0) is 27.6 Å². The number of hydrogen-bond donors (Lipinski definition) is 1. The van der Waals surface area contributed by atoms with Gasteiger partial charge in [0.1, 0.15) is 0 Å². The van der Waals surface area contributed by atoms with Crippen molar-refractivity contribution in [1.29, 1.82) is 0 Å². The Labute approximate surface area is 101 Å². The maximum Gasteiger partial charge on any atom is 0.183 e. The fourth-order valence-corrected chi connectivity index (χ4v) is 2.60. The molecule has 0 amide bonds. The average molecular weight is 284 g/mol. The topological polar surface area (TPSA) is 37.8 Å². The number of aromatic nitrogens is 2. The number of halogens is 1. The molecule has 0 aliphatic rings. The molecule has 0 bridgehead atoms. The zero-order valence-corrected chi connectivity index (χ0v) is 10.6. The highest BCUT2D eigenvalue weighted by molar-refractivity contribution is 9.11. The van der Waals surface area contributed by atoms with Crippen LogP contribution >= 0.6 is 27.3 Å². The second kappa shape index (κ2) is 4.72. The third-order valence-corrected chi connectivity index (χ3v) is 3.80. The van der Waals surface area contributed by atoms with E-state index in [0.717, 1.165) is 21.0 Å². The van der Waals surface area contributed by atoms with Crippen LogP contribution in [0.4, 0.5) is 5.13 Å². The Morgan fingerprint density at radius 2 is 2.40 bits per heavy atom. The van der Waals surface area contributed by atoms with E-state index in [1.165, 1.54) is 5.56 Å². The summed E-state index contributed by atoms with van der Waals surface area (Å²) in [7, 11) is 1.87. The quantitative estimate of drug-likeness (QED) is 0.941. The molecule has 0 aromatic carbocycles. The van der Waals surface area contributed by atoms with E-state index in [2.05, 4.69) is 37.3 Å². The van der Waals surface area contributed by atoms with Gasteiger partial charge in [-0.15, -0.1) is 0 Å². The van der Waals surface area contributed by atoms with Crippen LogP contribution in [0.5, 0.6) is 0 Å². The molecule has 2 heterocycles. The number of thiazole rings is 1. The molecule has 0 atom stereocenters. The van der Waals surface area contributed by atoms with Crippen LogP contribution < -0.4 is 5.32 Å². The van der Waals surface area contributed by atoms with Gasteiger partial charge in [0, 0.05) is 25.9 Å². The number of nitrogens with zero attached hydrogens (tertiary/aromatic N) is 2. The molecule has 0 aliphatic carbocycles. The fraction of sp³-hybridized carbons (Fsp3) is 0.200. The number of hydrogen-bond acceptors (Lipinski definition) is 4. The Morgan fingerprint density at radius 1 is 1.53 bits per heavy atom. The van der Waals surface area contributed by atoms with Crippen molar-refractivity contribution in [2.24, 2.45) is 0 Å². The van der Waals surface area contributed by atoms with Crippen molar-refractivity contribution in [3.8, 4) is 0 Å². The summed E-state index contributed by atoms with van der Waals surface area (Å²) in [6, 6.07) is 3.99. The summed E-state index contributed by atoms with van der Waals surface area (Å²) in [4.78, 5) is 8.54. The average Bonchev–Trinajstić information content (AvgIpc) is 2.61. The Hall–Kier alpha value is -0.940. The first-order chi connectivity index (χ1) is 7.29. The van der Waals surface area contributed by atoms with E-state index in [9.17, 15) is 0 Å². The van der Waals surface area contributed by atoms with Crippen molar-refractivity contribution in [3.63, 3.8) is 0 Å². The van der Waals surface area contributed by atoms with Crippen LogP contribution in [-0.2, 0) is 6.42 Å². The van der Waals surface area contributed by atoms with Crippen LogP contribution in [0.15, 0.2) is 28.3 Å². The van der Waals surface area contributed by atoms with E-state index in [4.69, 9.17) is 0 Å². The van der Waals surface area contributed by atoms with Gasteiger partial charge in [0.25, 0.3) is 0 Å². The van der Waals surface area contributed by atoms with E-state index in [0.29, 0.717) is 0 Å². The standard InChI is InChI=1S/C10H10BrN3S/c1-12-10-14-8(9(11)15-10)5-7-3-2-4-13-6-7/h2-4,6H,5H2,1H3,(H,12,14). The molecule has 0 spiro atoms. The SMILES string of the molecule is CNc1nc(Cc2cccnc2)c(Br)s1. The van der Waals surface area contributed by atoms with Crippen molar-refractivity contribution in [2.45, 2.75) is 6.42 Å². The van der Waals surface area contributed by atoms with Gasteiger partial charge in [-0.2, -0.15) is 0 Å². The minimum Gasteiger partial charge on any atom is -0.365 e. The van der Waals surface area contributed by atoms with Gasteiger partial charge in [-0.3, -0.25) is 4.98 Å². The maximum atomic E-state index is 4.46. The van der Waals surface area contributed by atoms with E-state index in [1.807, 2.05) is 19.3 Å². The molecule has 0 radical (unpaired) electrons. The van der Waals surface area contributed by atoms with Crippen LogP contribution in [0.2, 0.25) is 0 Å². The zero-order valence-electron chi connectivity index (χ0n) is 8.20. The molecule has 3 nitrogen and oxygen atoms in total. The van der Waals surface area contributed by atoms with Crippen molar-refractivity contribution >= 4 is 32.4 Å². The third-order valence-electron chi connectivity index (χ3n) is 1.96. The smallest absolute Gasteiger partial charge is 0.183 e. The predicted molar refractivity (Wildman–Crippen MR) is 66.4 cm³/mol. The normalized spacial score (nSPS) is 10.3. The van der Waals surface area contributed by atoms with Gasteiger partial charge < -0.3 is 5.32 Å². The van der Waals surface area contributed by atoms with Crippen LogP contribution in [0.1, 0.15) is 11.3 Å². The van der Waals surface area contributed by atoms with Gasteiger partial charge in [-0.1, -0.05) is 17.4 Å². The molecule has 15 heavy (non-hydrogen) atoms. The monoisotopic (exact) mass is 283 g/mol. The molecule has 0 saturated carbocycles. The van der Waals surface area contributed by atoms with Gasteiger partial charge in [0.15, 0.2) is 5.13 Å². The lowest BCUT2D eigenvalue weighted by Gasteiger charge is -1.97. The molecule has 2 aromatic heterocycles. The first-order valence-electron chi connectivity index (χ1n) is 4.51. The maximum absolute atomic E-state index is 4.46. The number of pyridine rings is 1. The van der Waals surface area contributed by atoms with Crippen LogP contribution in [-0.4, -0.2) is 17.0 Å². The summed E-state index contributed by atoms with van der Waals surface area (Å²) in [5.41, 5.74) is 2.23. The van der Waals surface area contributed by atoms with E-state index >= 15 is 0 Å². The van der Waals surface area contributed by atoms with Crippen molar-refractivity contribution in [3.05, 3.63) is 39.6 Å². The van der Waals surface area contributed by atoms with Gasteiger partial charge in [-0.25, -0.2) is 4.98 Å². The summed E-state index contributed by atoms with van der Waals surface area (Å²) in [6.07, 6.45) is 4.45. The Bertz CT molecular complexity index is 441. The molecule has 0 fully saturated rings. The summed E-state index contributed by atoms with van der Waals surface area (Å²) in [5, 5.41) is 3.97. The highest BCUT2D eigenvalue weighted by atomic mass is 79.9. The molecular formula is C10H10BrN3S. The number of nitrogens with one attached hydrogen (secondary N) is 1. The van der Waals surface area contributed by atoms with Crippen LogP contribution in [0, 0.1) is 0 Å². The van der Waals surface area contributed by atoms with E-state index < -0.39 is 0 Å². The molecule has 1 N–H and O–H groups in total. The molecule has 2 rings (SSSR count). The largest absolute Gasteiger partial charge is 0.365 e. The molecule has 0 unspecified atom stereocenters. The van der Waals surface area contributed by atoms with Crippen LogP contribution in [0.25, 0.3) is 0 Å². The summed E-state index contributed by atoms with van der Waals surface area (Å²) >= 11 is 5.12. The fourth-order valence-electron chi connectivity index (χ4n) is 1.25. The molecule has 0 aliphatic heterocycles. The lowest BCUT2D eigenvalue weighted by atomic mass is 10.2. The highest BCUT2D eigenvalue weighted by Crippen LogP contribution is 2.29. The minimum absolute atomic E-state index is 0.812. The van der Waals surface area contributed by atoms with E-state index in [1.54, 1.807) is 17.5 Å². The van der Waals surface area contributed by atoms with Crippen molar-refractivity contribution in [2.75, 3.05) is 12.4 Å². The Kier molecular flexibility index (Phi) is 3.33. The lowest BCUT2D eigenvalue weighted by Crippen LogP contribution is -1.91. The Morgan fingerprint density at radius 3 is 3.00 bits per heavy atom. The van der Waals surface area contributed by atoms with E-state index in [-0.39, 0.29) is 0 Å². The highest BCUT2D eigenvalue weighted by Gasteiger charge is 2.08. The predicted octanol–water partition coefficient (Wildman–Crippen LogP) is 2.93. The second-order valence-corrected chi connectivity index (χ2v) is 5.34. The van der Waals surface area contributed by atoms with Gasteiger partial charge >= 0.3 is 0 Å². The molecule has 78 valence electrons. The molecule has 2 aromatic rings. The first-order valence-corrected chi connectivity index (χ1v) is 6.12. The third kappa shape index (κ3) is 2.54. The van der Waals surface area contributed by atoms with Crippen LogP contribution in [0.3, 0.4) is 0 Å².